The number of hydrogen-bond acceptors (Lipinski definition) is 5. The molecule has 1 saturated heterocycles. The van der Waals surface area contributed by atoms with E-state index in [2.05, 4.69) is 27.4 Å². The number of anilines is 2. The Morgan fingerprint density at radius 1 is 1.10 bits per heavy atom. The maximum Gasteiger partial charge on any atom is 0.419 e. The summed E-state index contributed by atoms with van der Waals surface area (Å²) >= 11 is 0. The number of benzene rings is 1. The smallest absolute Gasteiger partial charge is 0.382 e. The van der Waals surface area contributed by atoms with E-state index in [1.807, 2.05) is 17.0 Å². The van der Waals surface area contributed by atoms with E-state index < -0.39 is 11.7 Å². The SMILES string of the molecule is O=C(CC[C@@H]1Cc2ccccc2N1)N1CCN(c2ncc(C(F)(F)F)cn2)CC1. The molecule has 0 bridgehead atoms. The molecule has 2 aliphatic rings. The summed E-state index contributed by atoms with van der Waals surface area (Å²) in [4.78, 5) is 23.8. The summed E-state index contributed by atoms with van der Waals surface area (Å²) in [5.41, 5.74) is 1.57. The summed E-state index contributed by atoms with van der Waals surface area (Å²) in [6.07, 6.45) is -0.668. The summed E-state index contributed by atoms with van der Waals surface area (Å²) in [5.74, 6) is 0.369. The number of aromatic nitrogens is 2. The zero-order valence-corrected chi connectivity index (χ0v) is 15.8. The van der Waals surface area contributed by atoms with Gasteiger partial charge in [-0.3, -0.25) is 4.79 Å². The van der Waals surface area contributed by atoms with Gasteiger partial charge in [0.25, 0.3) is 0 Å². The summed E-state index contributed by atoms with van der Waals surface area (Å²) in [6.45, 7) is 2.04. The van der Waals surface area contributed by atoms with Crippen LogP contribution in [-0.4, -0.2) is 53.0 Å². The molecule has 154 valence electrons. The molecular formula is C20H22F3N5O. The van der Waals surface area contributed by atoms with Gasteiger partial charge < -0.3 is 15.1 Å². The molecular weight excluding hydrogens is 383 g/mol. The number of hydrogen-bond donors (Lipinski definition) is 1. The fourth-order valence-corrected chi connectivity index (χ4v) is 3.79. The molecule has 29 heavy (non-hydrogen) atoms. The summed E-state index contributed by atoms with van der Waals surface area (Å²) in [6, 6.07) is 8.46. The maximum absolute atomic E-state index is 12.6. The number of piperazine rings is 1. The molecule has 1 aromatic heterocycles. The highest BCUT2D eigenvalue weighted by molar-refractivity contribution is 5.76. The molecule has 4 rings (SSSR count). The molecule has 0 aliphatic carbocycles. The third-order valence-electron chi connectivity index (χ3n) is 5.43. The van der Waals surface area contributed by atoms with Crippen LogP contribution in [0.15, 0.2) is 36.7 Å². The molecule has 6 nitrogen and oxygen atoms in total. The normalized spacial score (nSPS) is 19.1. The van der Waals surface area contributed by atoms with Gasteiger partial charge in [0.2, 0.25) is 11.9 Å². The highest BCUT2D eigenvalue weighted by atomic mass is 19.4. The van der Waals surface area contributed by atoms with Gasteiger partial charge >= 0.3 is 6.18 Å². The highest BCUT2D eigenvalue weighted by Gasteiger charge is 2.32. The molecule has 1 fully saturated rings. The second-order valence-electron chi connectivity index (χ2n) is 7.38. The number of nitrogens with zero attached hydrogens (tertiary/aromatic N) is 4. The van der Waals surface area contributed by atoms with Crippen molar-refractivity contribution in [3.05, 3.63) is 47.8 Å². The molecule has 2 aliphatic heterocycles. The Morgan fingerprint density at radius 2 is 1.79 bits per heavy atom. The van der Waals surface area contributed by atoms with Crippen LogP contribution in [-0.2, 0) is 17.4 Å². The number of amides is 1. The highest BCUT2D eigenvalue weighted by Crippen LogP contribution is 2.29. The van der Waals surface area contributed by atoms with E-state index in [0.717, 1.165) is 30.9 Å². The molecule has 1 atom stereocenters. The molecule has 9 heteroatoms. The molecule has 0 unspecified atom stereocenters. The van der Waals surface area contributed by atoms with E-state index >= 15 is 0 Å². The lowest BCUT2D eigenvalue weighted by molar-refractivity contribution is -0.138. The van der Waals surface area contributed by atoms with Crippen molar-refractivity contribution < 1.29 is 18.0 Å². The standard InChI is InChI=1S/C20H22F3N5O/c21-20(22,23)15-12-24-19(25-13-15)28-9-7-27(8-10-28)18(29)6-5-16-11-14-3-1-2-4-17(14)26-16/h1-4,12-13,16,26H,5-11H2/t16-/m1/s1. The minimum absolute atomic E-state index is 0.107. The number of carbonyl (C=O) groups is 1. The van der Waals surface area contributed by atoms with E-state index in [0.29, 0.717) is 32.6 Å². The van der Waals surface area contributed by atoms with Crippen molar-refractivity contribution in [1.82, 2.24) is 14.9 Å². The summed E-state index contributed by atoms with van der Waals surface area (Å²) in [5, 5.41) is 3.46. The van der Waals surface area contributed by atoms with Crippen LogP contribution in [0.2, 0.25) is 0 Å². The van der Waals surface area contributed by atoms with Gasteiger partial charge in [-0.25, -0.2) is 9.97 Å². The second kappa shape index (κ2) is 7.88. The lowest BCUT2D eigenvalue weighted by atomic mass is 10.1. The zero-order chi connectivity index (χ0) is 20.4. The number of para-hydroxylation sites is 1. The van der Waals surface area contributed by atoms with Gasteiger partial charge in [0.15, 0.2) is 0 Å². The zero-order valence-electron chi connectivity index (χ0n) is 15.8. The van der Waals surface area contributed by atoms with E-state index in [9.17, 15) is 18.0 Å². The molecule has 1 aromatic carbocycles. The van der Waals surface area contributed by atoms with E-state index in [-0.39, 0.29) is 17.9 Å². The minimum atomic E-state index is -4.45. The largest absolute Gasteiger partial charge is 0.419 e. The topological polar surface area (TPSA) is 61.4 Å². The molecule has 0 spiro atoms. The molecule has 2 aromatic rings. The van der Waals surface area contributed by atoms with Gasteiger partial charge in [-0.05, 0) is 24.5 Å². The first-order chi connectivity index (χ1) is 13.9. The van der Waals surface area contributed by atoms with Crippen LogP contribution in [0.5, 0.6) is 0 Å². The van der Waals surface area contributed by atoms with Gasteiger partial charge in [0.1, 0.15) is 0 Å². The Balaban J connectivity index is 1.24. The average molecular weight is 405 g/mol. The first-order valence-corrected chi connectivity index (χ1v) is 9.66. The molecule has 1 amide bonds. The molecule has 0 radical (unpaired) electrons. The van der Waals surface area contributed by atoms with E-state index in [1.54, 1.807) is 4.90 Å². The van der Waals surface area contributed by atoms with Crippen molar-refractivity contribution in [2.45, 2.75) is 31.5 Å². The third-order valence-corrected chi connectivity index (χ3v) is 5.43. The predicted octanol–water partition coefficient (Wildman–Crippen LogP) is 2.96. The van der Waals surface area contributed by atoms with Gasteiger partial charge in [0, 0.05) is 56.7 Å². The number of nitrogens with one attached hydrogen (secondary N) is 1. The van der Waals surface area contributed by atoms with Crippen LogP contribution in [0.3, 0.4) is 0 Å². The lowest BCUT2D eigenvalue weighted by Crippen LogP contribution is -2.49. The Labute approximate surface area is 166 Å². The first kappa shape index (κ1) is 19.5. The van der Waals surface area contributed by atoms with Crippen LogP contribution in [0.1, 0.15) is 24.0 Å². The monoisotopic (exact) mass is 405 g/mol. The number of alkyl halides is 3. The summed E-state index contributed by atoms with van der Waals surface area (Å²) in [7, 11) is 0. The number of fused-ring (bicyclic) bond motifs is 1. The van der Waals surface area contributed by atoms with Crippen molar-refractivity contribution in [2.24, 2.45) is 0 Å². The van der Waals surface area contributed by atoms with Crippen LogP contribution in [0.4, 0.5) is 24.8 Å². The fraction of sp³-hybridized carbons (Fsp3) is 0.450. The Bertz CT molecular complexity index is 838. The fourth-order valence-electron chi connectivity index (χ4n) is 3.79. The van der Waals surface area contributed by atoms with Gasteiger partial charge in [-0.15, -0.1) is 0 Å². The van der Waals surface area contributed by atoms with E-state index in [1.165, 1.54) is 5.56 Å². The van der Waals surface area contributed by atoms with Crippen LogP contribution in [0, 0.1) is 0 Å². The second-order valence-corrected chi connectivity index (χ2v) is 7.38. The Kier molecular flexibility index (Phi) is 5.29. The van der Waals surface area contributed by atoms with Crippen molar-refractivity contribution in [1.29, 1.82) is 0 Å². The van der Waals surface area contributed by atoms with Gasteiger partial charge in [-0.1, -0.05) is 18.2 Å². The summed E-state index contributed by atoms with van der Waals surface area (Å²) < 4.78 is 37.9. The van der Waals surface area contributed by atoms with Crippen LogP contribution < -0.4 is 10.2 Å². The molecule has 0 saturated carbocycles. The maximum atomic E-state index is 12.6. The van der Waals surface area contributed by atoms with Crippen LogP contribution >= 0.6 is 0 Å². The van der Waals surface area contributed by atoms with Crippen molar-refractivity contribution in [2.75, 3.05) is 36.4 Å². The van der Waals surface area contributed by atoms with Crippen molar-refractivity contribution >= 4 is 17.5 Å². The van der Waals surface area contributed by atoms with Crippen molar-refractivity contribution in [3.8, 4) is 0 Å². The third kappa shape index (κ3) is 4.44. The molecule has 3 heterocycles. The number of rotatable bonds is 4. The van der Waals surface area contributed by atoms with Gasteiger partial charge in [0.05, 0.1) is 5.56 Å². The van der Waals surface area contributed by atoms with E-state index in [4.69, 9.17) is 0 Å². The number of carbonyl (C=O) groups excluding carboxylic acids is 1. The molecule has 1 N–H and O–H groups in total. The van der Waals surface area contributed by atoms with Crippen LogP contribution in [0.25, 0.3) is 0 Å². The minimum Gasteiger partial charge on any atom is -0.382 e. The number of halogens is 3. The van der Waals surface area contributed by atoms with Gasteiger partial charge in [-0.2, -0.15) is 13.2 Å². The quantitative estimate of drug-likeness (QED) is 0.848. The van der Waals surface area contributed by atoms with Crippen molar-refractivity contribution in [3.63, 3.8) is 0 Å². The first-order valence-electron chi connectivity index (χ1n) is 9.66. The Hall–Kier alpha value is -2.84. The average Bonchev–Trinajstić information content (AvgIpc) is 3.15. The predicted molar refractivity (Wildman–Crippen MR) is 103 cm³/mol. The lowest BCUT2D eigenvalue weighted by Gasteiger charge is -2.35. The Morgan fingerprint density at radius 3 is 2.45 bits per heavy atom.